The highest BCUT2D eigenvalue weighted by atomic mass is 32.1. The van der Waals surface area contributed by atoms with E-state index in [9.17, 15) is 0 Å². The van der Waals surface area contributed by atoms with Gasteiger partial charge in [0.25, 0.3) is 0 Å². The number of aryl methyl sites for hydroxylation is 2. The van der Waals surface area contributed by atoms with Crippen LogP contribution in [0.3, 0.4) is 0 Å². The minimum absolute atomic E-state index is 0.172. The van der Waals surface area contributed by atoms with Crippen molar-refractivity contribution in [1.82, 2.24) is 24.7 Å². The molecular weight excluding hydrogens is 236 g/mol. The summed E-state index contributed by atoms with van der Waals surface area (Å²) in [6.07, 6.45) is 2.38. The third-order valence-electron chi connectivity index (χ3n) is 2.19. The van der Waals surface area contributed by atoms with Gasteiger partial charge in [-0.3, -0.25) is 0 Å². The summed E-state index contributed by atoms with van der Waals surface area (Å²) in [5, 5.41) is 4.15. The first-order valence-electron chi connectivity index (χ1n) is 5.16. The van der Waals surface area contributed by atoms with Crippen molar-refractivity contribution in [2.45, 2.75) is 20.3 Å². The zero-order valence-electron chi connectivity index (χ0n) is 9.58. The molecule has 0 unspecified atom stereocenters. The SMILES string of the molecule is CCc1cc(-n2cnc(C(N)=S)n2)nc(C)n1. The summed E-state index contributed by atoms with van der Waals surface area (Å²) in [5.41, 5.74) is 6.41. The van der Waals surface area contributed by atoms with E-state index in [0.717, 1.165) is 12.1 Å². The summed E-state index contributed by atoms with van der Waals surface area (Å²) in [6.45, 7) is 3.88. The smallest absolute Gasteiger partial charge is 0.208 e. The minimum Gasteiger partial charge on any atom is -0.387 e. The van der Waals surface area contributed by atoms with Gasteiger partial charge in [0.1, 0.15) is 17.1 Å². The molecule has 2 heterocycles. The van der Waals surface area contributed by atoms with E-state index in [1.165, 1.54) is 6.33 Å². The highest BCUT2D eigenvalue weighted by Crippen LogP contribution is 2.06. The average Bonchev–Trinajstić information content (AvgIpc) is 2.77. The number of nitrogens with zero attached hydrogens (tertiary/aromatic N) is 5. The van der Waals surface area contributed by atoms with Crippen molar-refractivity contribution in [2.75, 3.05) is 0 Å². The first-order chi connectivity index (χ1) is 8.10. The van der Waals surface area contributed by atoms with E-state index in [2.05, 4.69) is 20.1 Å². The zero-order chi connectivity index (χ0) is 12.4. The number of hydrogen-bond donors (Lipinski definition) is 1. The summed E-state index contributed by atoms with van der Waals surface area (Å²) in [6, 6.07) is 1.87. The van der Waals surface area contributed by atoms with Crippen molar-refractivity contribution >= 4 is 17.2 Å². The molecule has 0 bridgehead atoms. The van der Waals surface area contributed by atoms with Crippen molar-refractivity contribution in [3.05, 3.63) is 29.7 Å². The van der Waals surface area contributed by atoms with Gasteiger partial charge in [-0.15, -0.1) is 5.10 Å². The maximum atomic E-state index is 5.45. The Bertz CT molecular complexity index is 562. The summed E-state index contributed by atoms with van der Waals surface area (Å²) >= 11 is 4.81. The van der Waals surface area contributed by atoms with Gasteiger partial charge in [0.2, 0.25) is 5.82 Å². The summed E-state index contributed by atoms with van der Waals surface area (Å²) < 4.78 is 1.54. The molecule has 0 aromatic carbocycles. The molecule has 2 rings (SSSR count). The molecule has 88 valence electrons. The number of aromatic nitrogens is 5. The Morgan fingerprint density at radius 2 is 2.24 bits per heavy atom. The van der Waals surface area contributed by atoms with Crippen LogP contribution >= 0.6 is 12.2 Å². The van der Waals surface area contributed by atoms with Crippen molar-refractivity contribution in [3.63, 3.8) is 0 Å². The molecule has 0 radical (unpaired) electrons. The van der Waals surface area contributed by atoms with Crippen LogP contribution < -0.4 is 5.73 Å². The van der Waals surface area contributed by atoms with E-state index in [0.29, 0.717) is 17.5 Å². The Hall–Kier alpha value is -1.89. The Morgan fingerprint density at radius 1 is 1.47 bits per heavy atom. The van der Waals surface area contributed by atoms with Gasteiger partial charge in [0, 0.05) is 11.8 Å². The van der Waals surface area contributed by atoms with Crippen LogP contribution in [0.15, 0.2) is 12.4 Å². The number of nitrogens with two attached hydrogens (primary N) is 1. The summed E-state index contributed by atoms with van der Waals surface area (Å²) in [7, 11) is 0. The monoisotopic (exact) mass is 248 g/mol. The van der Waals surface area contributed by atoms with Gasteiger partial charge in [0.15, 0.2) is 5.82 Å². The Balaban J connectivity index is 2.44. The second-order valence-corrected chi connectivity index (χ2v) is 3.94. The maximum Gasteiger partial charge on any atom is 0.208 e. The third kappa shape index (κ3) is 2.44. The molecule has 7 heteroatoms. The largest absolute Gasteiger partial charge is 0.387 e. The Kier molecular flexibility index (Phi) is 3.10. The van der Waals surface area contributed by atoms with Gasteiger partial charge in [-0.2, -0.15) is 0 Å². The van der Waals surface area contributed by atoms with Crippen LogP contribution in [0.5, 0.6) is 0 Å². The van der Waals surface area contributed by atoms with Gasteiger partial charge in [-0.25, -0.2) is 19.6 Å². The normalized spacial score (nSPS) is 10.5. The van der Waals surface area contributed by atoms with Crippen LogP contribution in [-0.2, 0) is 6.42 Å². The van der Waals surface area contributed by atoms with Crippen LogP contribution in [0.2, 0.25) is 0 Å². The molecular formula is C10H12N6S. The van der Waals surface area contributed by atoms with Crippen LogP contribution in [0.25, 0.3) is 5.82 Å². The van der Waals surface area contributed by atoms with E-state index < -0.39 is 0 Å². The van der Waals surface area contributed by atoms with E-state index in [1.54, 1.807) is 4.68 Å². The Labute approximate surface area is 104 Å². The van der Waals surface area contributed by atoms with Gasteiger partial charge in [-0.1, -0.05) is 19.1 Å². The molecule has 6 nitrogen and oxygen atoms in total. The molecule has 0 aliphatic heterocycles. The first kappa shape index (κ1) is 11.6. The van der Waals surface area contributed by atoms with Crippen molar-refractivity contribution in [3.8, 4) is 5.82 Å². The molecule has 0 fully saturated rings. The third-order valence-corrected chi connectivity index (χ3v) is 2.37. The fourth-order valence-corrected chi connectivity index (χ4v) is 1.49. The van der Waals surface area contributed by atoms with Crippen molar-refractivity contribution in [1.29, 1.82) is 0 Å². The van der Waals surface area contributed by atoms with Gasteiger partial charge in [0.05, 0.1) is 0 Å². The molecule has 0 aliphatic carbocycles. The van der Waals surface area contributed by atoms with Crippen molar-refractivity contribution < 1.29 is 0 Å². The molecule has 2 aromatic heterocycles. The van der Waals surface area contributed by atoms with Gasteiger partial charge >= 0.3 is 0 Å². The molecule has 17 heavy (non-hydrogen) atoms. The number of hydrogen-bond acceptors (Lipinski definition) is 5. The fraction of sp³-hybridized carbons (Fsp3) is 0.300. The predicted molar refractivity (Wildman–Crippen MR) is 67.0 cm³/mol. The lowest BCUT2D eigenvalue weighted by molar-refractivity contribution is 0.811. The van der Waals surface area contributed by atoms with E-state index in [-0.39, 0.29) is 4.99 Å². The molecule has 0 atom stereocenters. The molecule has 2 N–H and O–H groups in total. The number of thiocarbonyl (C=S) groups is 1. The van der Waals surface area contributed by atoms with Crippen LogP contribution in [-0.4, -0.2) is 29.7 Å². The molecule has 2 aromatic rings. The second kappa shape index (κ2) is 4.54. The highest BCUT2D eigenvalue weighted by Gasteiger charge is 2.07. The second-order valence-electron chi connectivity index (χ2n) is 3.50. The molecule has 0 aliphatic rings. The van der Waals surface area contributed by atoms with Crippen LogP contribution in [0.1, 0.15) is 24.3 Å². The van der Waals surface area contributed by atoms with Crippen LogP contribution in [0, 0.1) is 6.92 Å². The van der Waals surface area contributed by atoms with Crippen LogP contribution in [0.4, 0.5) is 0 Å². The lowest BCUT2D eigenvalue weighted by Gasteiger charge is -2.03. The Morgan fingerprint density at radius 3 is 2.82 bits per heavy atom. The minimum atomic E-state index is 0.172. The van der Waals surface area contributed by atoms with Crippen molar-refractivity contribution in [2.24, 2.45) is 5.73 Å². The molecule has 0 saturated heterocycles. The average molecular weight is 248 g/mol. The summed E-state index contributed by atoms with van der Waals surface area (Å²) in [4.78, 5) is 12.8. The predicted octanol–water partition coefficient (Wildman–Crippen LogP) is 0.562. The highest BCUT2D eigenvalue weighted by molar-refractivity contribution is 7.80. The van der Waals surface area contributed by atoms with E-state index in [1.807, 2.05) is 19.9 Å². The van der Waals surface area contributed by atoms with E-state index in [4.69, 9.17) is 18.0 Å². The molecule has 0 saturated carbocycles. The quantitative estimate of drug-likeness (QED) is 0.799. The van der Waals surface area contributed by atoms with Gasteiger partial charge in [-0.05, 0) is 13.3 Å². The van der Waals surface area contributed by atoms with Gasteiger partial charge < -0.3 is 5.73 Å². The van der Waals surface area contributed by atoms with E-state index >= 15 is 0 Å². The molecule has 0 spiro atoms. The topological polar surface area (TPSA) is 82.5 Å². The maximum absolute atomic E-state index is 5.45. The lowest BCUT2D eigenvalue weighted by atomic mass is 10.3. The first-order valence-corrected chi connectivity index (χ1v) is 5.57. The fourth-order valence-electron chi connectivity index (χ4n) is 1.40. The number of rotatable bonds is 3. The lowest BCUT2D eigenvalue weighted by Crippen LogP contribution is -2.12. The standard InChI is InChI=1S/C10H12N6S/c1-3-7-4-8(14-6(2)13-7)16-5-12-10(15-16)9(11)17/h4-5H,3H2,1-2H3,(H2,11,17). The molecule has 0 amide bonds. The zero-order valence-corrected chi connectivity index (χ0v) is 10.4. The summed E-state index contributed by atoms with van der Waals surface area (Å²) in [5.74, 6) is 1.71.